The highest BCUT2D eigenvalue weighted by Crippen LogP contribution is 2.05. The van der Waals surface area contributed by atoms with Gasteiger partial charge in [0.15, 0.2) is 0 Å². The van der Waals surface area contributed by atoms with E-state index in [-0.39, 0.29) is 6.61 Å². The molecule has 1 heterocycles. The summed E-state index contributed by atoms with van der Waals surface area (Å²) >= 11 is 0. The average molecular weight is 240 g/mol. The average Bonchev–Trinajstić information content (AvgIpc) is 2.76. The van der Waals surface area contributed by atoms with Gasteiger partial charge < -0.3 is 10.4 Å². The van der Waals surface area contributed by atoms with Gasteiger partial charge in [-0.3, -0.25) is 0 Å². The Bertz CT molecular complexity index is 311. The van der Waals surface area contributed by atoms with Crippen LogP contribution in [0.15, 0.2) is 6.33 Å². The van der Waals surface area contributed by atoms with Gasteiger partial charge in [-0.25, -0.2) is 9.67 Å². The van der Waals surface area contributed by atoms with Crippen LogP contribution in [0, 0.1) is 5.92 Å². The smallest absolute Gasteiger partial charge is 0.141 e. The van der Waals surface area contributed by atoms with E-state index >= 15 is 0 Å². The number of nitrogens with one attached hydrogen (secondary N) is 1. The summed E-state index contributed by atoms with van der Waals surface area (Å²) in [7, 11) is 0. The van der Waals surface area contributed by atoms with Crippen molar-refractivity contribution >= 4 is 0 Å². The number of aliphatic hydroxyl groups excluding tert-OH is 1. The molecule has 1 rings (SSSR count). The summed E-state index contributed by atoms with van der Waals surface area (Å²) in [6.45, 7) is 8.25. The van der Waals surface area contributed by atoms with Crippen LogP contribution in [0.4, 0.5) is 0 Å². The topological polar surface area (TPSA) is 63.0 Å². The van der Waals surface area contributed by atoms with Gasteiger partial charge >= 0.3 is 0 Å². The Morgan fingerprint density at radius 1 is 1.41 bits per heavy atom. The van der Waals surface area contributed by atoms with E-state index in [0.29, 0.717) is 12.0 Å². The van der Waals surface area contributed by atoms with Crippen molar-refractivity contribution in [2.45, 2.75) is 46.2 Å². The standard InChI is InChI=1S/C12H24N4O/c1-10(2)16-12(14-9-15-16)7-13-6-4-5-11(3)8-17/h9-11,13,17H,4-8H2,1-3H3. The lowest BCUT2D eigenvalue weighted by Gasteiger charge is -2.11. The van der Waals surface area contributed by atoms with Crippen LogP contribution in [0.1, 0.15) is 45.5 Å². The molecule has 0 bridgehead atoms. The maximum absolute atomic E-state index is 8.90. The number of aromatic nitrogens is 3. The Morgan fingerprint density at radius 3 is 2.82 bits per heavy atom. The van der Waals surface area contributed by atoms with Crippen LogP contribution in [0.2, 0.25) is 0 Å². The molecule has 0 saturated heterocycles. The fraction of sp³-hybridized carbons (Fsp3) is 0.833. The highest BCUT2D eigenvalue weighted by molar-refractivity contribution is 4.85. The maximum Gasteiger partial charge on any atom is 0.141 e. The lowest BCUT2D eigenvalue weighted by atomic mass is 10.1. The van der Waals surface area contributed by atoms with Crippen molar-refractivity contribution < 1.29 is 5.11 Å². The summed E-state index contributed by atoms with van der Waals surface area (Å²) in [6.07, 6.45) is 3.74. The minimum absolute atomic E-state index is 0.279. The molecule has 5 nitrogen and oxygen atoms in total. The molecule has 1 aromatic heterocycles. The summed E-state index contributed by atoms with van der Waals surface area (Å²) in [5.41, 5.74) is 0. The first-order valence-electron chi connectivity index (χ1n) is 6.35. The SMILES string of the molecule is CC(CO)CCCNCc1ncnn1C(C)C. The Balaban J connectivity index is 2.20. The lowest BCUT2D eigenvalue weighted by Crippen LogP contribution is -2.20. The zero-order valence-corrected chi connectivity index (χ0v) is 11.1. The molecule has 5 heteroatoms. The molecule has 0 spiro atoms. The predicted octanol–water partition coefficient (Wildman–Crippen LogP) is 1.36. The Kier molecular flexibility index (Phi) is 6.15. The van der Waals surface area contributed by atoms with E-state index in [4.69, 9.17) is 5.11 Å². The van der Waals surface area contributed by atoms with Crippen LogP contribution >= 0.6 is 0 Å². The maximum atomic E-state index is 8.90. The first-order valence-corrected chi connectivity index (χ1v) is 6.35. The first-order chi connectivity index (χ1) is 8.15. The molecule has 2 N–H and O–H groups in total. The van der Waals surface area contributed by atoms with E-state index in [1.165, 1.54) is 0 Å². The van der Waals surface area contributed by atoms with Crippen molar-refractivity contribution in [3.05, 3.63) is 12.2 Å². The van der Waals surface area contributed by atoms with Crippen molar-refractivity contribution in [1.29, 1.82) is 0 Å². The molecule has 0 aliphatic carbocycles. The summed E-state index contributed by atoms with van der Waals surface area (Å²) in [6, 6.07) is 0.351. The Hall–Kier alpha value is -0.940. The second-order valence-electron chi connectivity index (χ2n) is 4.82. The van der Waals surface area contributed by atoms with E-state index in [1.54, 1.807) is 6.33 Å². The van der Waals surface area contributed by atoms with Gasteiger partial charge in [0.25, 0.3) is 0 Å². The molecule has 17 heavy (non-hydrogen) atoms. The summed E-state index contributed by atoms with van der Waals surface area (Å²) < 4.78 is 1.93. The third kappa shape index (κ3) is 4.83. The summed E-state index contributed by atoms with van der Waals surface area (Å²) in [5.74, 6) is 1.38. The van der Waals surface area contributed by atoms with Crippen molar-refractivity contribution in [1.82, 2.24) is 20.1 Å². The van der Waals surface area contributed by atoms with Crippen molar-refractivity contribution in [3.63, 3.8) is 0 Å². The third-order valence-electron chi connectivity index (χ3n) is 2.78. The normalized spacial score (nSPS) is 13.2. The van der Waals surface area contributed by atoms with Crippen LogP contribution in [0.25, 0.3) is 0 Å². The van der Waals surface area contributed by atoms with E-state index in [9.17, 15) is 0 Å². The first kappa shape index (κ1) is 14.1. The fourth-order valence-electron chi connectivity index (χ4n) is 1.70. The monoisotopic (exact) mass is 240 g/mol. The van der Waals surface area contributed by atoms with E-state index in [1.807, 2.05) is 4.68 Å². The molecule has 1 unspecified atom stereocenters. The molecule has 98 valence electrons. The summed E-state index contributed by atoms with van der Waals surface area (Å²) in [5, 5.41) is 16.4. The van der Waals surface area contributed by atoms with Crippen LogP contribution in [0.5, 0.6) is 0 Å². The molecule has 0 saturated carbocycles. The molecular weight excluding hydrogens is 216 g/mol. The molecule has 0 aliphatic rings. The highest BCUT2D eigenvalue weighted by Gasteiger charge is 2.06. The predicted molar refractivity (Wildman–Crippen MR) is 67.6 cm³/mol. The number of rotatable bonds is 8. The Morgan fingerprint density at radius 2 is 2.18 bits per heavy atom. The van der Waals surface area contributed by atoms with Crippen molar-refractivity contribution in [2.75, 3.05) is 13.2 Å². The van der Waals surface area contributed by atoms with E-state index < -0.39 is 0 Å². The molecule has 1 atom stereocenters. The number of hydrogen-bond acceptors (Lipinski definition) is 4. The molecule has 0 aliphatic heterocycles. The molecule has 0 radical (unpaired) electrons. The fourth-order valence-corrected chi connectivity index (χ4v) is 1.70. The highest BCUT2D eigenvalue weighted by atomic mass is 16.3. The largest absolute Gasteiger partial charge is 0.396 e. The molecule has 1 aromatic rings. The molecule has 0 amide bonds. The van der Waals surface area contributed by atoms with Gasteiger partial charge in [-0.05, 0) is 39.2 Å². The lowest BCUT2D eigenvalue weighted by molar-refractivity contribution is 0.228. The van der Waals surface area contributed by atoms with E-state index in [2.05, 4.69) is 36.2 Å². The van der Waals surface area contributed by atoms with Gasteiger partial charge in [-0.2, -0.15) is 5.10 Å². The van der Waals surface area contributed by atoms with Crippen molar-refractivity contribution in [3.8, 4) is 0 Å². The van der Waals surface area contributed by atoms with Gasteiger partial charge in [0, 0.05) is 12.6 Å². The molecule has 0 aromatic carbocycles. The van der Waals surface area contributed by atoms with Gasteiger partial charge in [-0.15, -0.1) is 0 Å². The zero-order valence-electron chi connectivity index (χ0n) is 11.1. The van der Waals surface area contributed by atoms with E-state index in [0.717, 1.165) is 31.8 Å². The Labute approximate surface area is 103 Å². The second-order valence-corrected chi connectivity index (χ2v) is 4.82. The minimum atomic E-state index is 0.279. The van der Waals surface area contributed by atoms with Gasteiger partial charge in [0.1, 0.15) is 12.2 Å². The van der Waals surface area contributed by atoms with Crippen LogP contribution in [-0.4, -0.2) is 33.0 Å². The van der Waals surface area contributed by atoms with Gasteiger partial charge in [0.2, 0.25) is 0 Å². The van der Waals surface area contributed by atoms with Crippen molar-refractivity contribution in [2.24, 2.45) is 5.92 Å². The van der Waals surface area contributed by atoms with Gasteiger partial charge in [-0.1, -0.05) is 6.92 Å². The molecular formula is C12H24N4O. The van der Waals surface area contributed by atoms with Crippen LogP contribution in [-0.2, 0) is 6.54 Å². The number of hydrogen-bond donors (Lipinski definition) is 2. The quantitative estimate of drug-likeness (QED) is 0.673. The molecule has 0 fully saturated rings. The summed E-state index contributed by atoms with van der Waals surface area (Å²) in [4.78, 5) is 4.24. The minimum Gasteiger partial charge on any atom is -0.396 e. The van der Waals surface area contributed by atoms with Crippen LogP contribution in [0.3, 0.4) is 0 Å². The van der Waals surface area contributed by atoms with Gasteiger partial charge in [0.05, 0.1) is 6.54 Å². The third-order valence-corrected chi connectivity index (χ3v) is 2.78. The second kappa shape index (κ2) is 7.40. The number of aliphatic hydroxyl groups is 1. The number of nitrogens with zero attached hydrogens (tertiary/aromatic N) is 3. The van der Waals surface area contributed by atoms with Crippen LogP contribution < -0.4 is 5.32 Å². The zero-order chi connectivity index (χ0) is 12.7.